The summed E-state index contributed by atoms with van der Waals surface area (Å²) >= 11 is 0. The Hall–Kier alpha value is -1.27. The topological polar surface area (TPSA) is 92.4 Å². The van der Waals surface area contributed by atoms with Crippen LogP contribution in [0.3, 0.4) is 0 Å². The zero-order valence-electron chi connectivity index (χ0n) is 19.0. The molecule has 6 heteroatoms. The van der Waals surface area contributed by atoms with Crippen molar-refractivity contribution in [1.82, 2.24) is 0 Å². The van der Waals surface area contributed by atoms with E-state index in [-0.39, 0.29) is 4.90 Å². The molecule has 30 heavy (non-hydrogen) atoms. The second kappa shape index (κ2) is 16.4. The number of nitrogens with one attached hydrogen (secondary N) is 1. The third-order valence-electron chi connectivity index (χ3n) is 5.67. The Labute approximate surface area is 185 Å². The third kappa shape index (κ3) is 13.1. The van der Waals surface area contributed by atoms with Gasteiger partial charge in [0.2, 0.25) is 0 Å². The van der Waals surface area contributed by atoms with Crippen molar-refractivity contribution in [2.24, 2.45) is 0 Å². The lowest BCUT2D eigenvalue weighted by Gasteiger charge is -2.10. The van der Waals surface area contributed by atoms with E-state index in [2.05, 4.69) is 12.2 Å². The Balaban J connectivity index is 1.90. The van der Waals surface area contributed by atoms with Crippen LogP contribution in [0.5, 0.6) is 0 Å². The van der Waals surface area contributed by atoms with E-state index in [0.29, 0.717) is 11.4 Å². The Bertz CT molecular complexity index is 662. The van der Waals surface area contributed by atoms with Crippen LogP contribution in [-0.4, -0.2) is 19.5 Å². The molecule has 4 N–H and O–H groups in total. The Kier molecular flexibility index (Phi) is 14.7. The highest BCUT2D eigenvalue weighted by atomic mass is 32.2. The van der Waals surface area contributed by atoms with Crippen LogP contribution in [0.4, 0.5) is 11.4 Å². The van der Waals surface area contributed by atoms with Crippen LogP contribution in [0.25, 0.3) is 0 Å². The second-order valence-corrected chi connectivity index (χ2v) is 9.88. The van der Waals surface area contributed by atoms with Crippen LogP contribution in [0.1, 0.15) is 110 Å². The number of anilines is 2. The predicted molar refractivity (Wildman–Crippen MR) is 129 cm³/mol. The highest BCUT2D eigenvalue weighted by Gasteiger charge is 2.11. The standard InChI is InChI=1S/C24H44N2O3S/c1-2-3-4-5-6-7-8-9-10-11-12-13-14-15-16-17-20-26-24-19-18-22(21-23(24)25)30(27,28)29/h18-19,21,26H,2-17,20,25H2,1H3,(H,27,28,29). The van der Waals surface area contributed by atoms with Gasteiger partial charge in [-0.1, -0.05) is 103 Å². The van der Waals surface area contributed by atoms with Gasteiger partial charge in [-0.25, -0.2) is 0 Å². The average Bonchev–Trinajstić information content (AvgIpc) is 2.70. The van der Waals surface area contributed by atoms with Crippen molar-refractivity contribution in [3.8, 4) is 0 Å². The molecular formula is C24H44N2O3S. The fourth-order valence-electron chi connectivity index (χ4n) is 3.76. The first-order valence-corrected chi connectivity index (χ1v) is 13.5. The molecule has 0 aliphatic carbocycles. The van der Waals surface area contributed by atoms with E-state index in [1.807, 2.05) is 0 Å². The summed E-state index contributed by atoms with van der Waals surface area (Å²) in [6.45, 7) is 3.08. The van der Waals surface area contributed by atoms with Crippen molar-refractivity contribution in [1.29, 1.82) is 0 Å². The summed E-state index contributed by atoms with van der Waals surface area (Å²) < 4.78 is 31.2. The minimum Gasteiger partial charge on any atom is -0.397 e. The van der Waals surface area contributed by atoms with Crippen molar-refractivity contribution >= 4 is 21.5 Å². The van der Waals surface area contributed by atoms with E-state index >= 15 is 0 Å². The molecule has 0 fully saturated rings. The Morgan fingerprint density at radius 2 is 1.20 bits per heavy atom. The summed E-state index contributed by atoms with van der Waals surface area (Å²) in [6, 6.07) is 4.25. The van der Waals surface area contributed by atoms with Crippen molar-refractivity contribution < 1.29 is 13.0 Å². The first-order chi connectivity index (χ1) is 14.4. The summed E-state index contributed by atoms with van der Waals surface area (Å²) in [6.07, 6.45) is 21.6. The zero-order chi connectivity index (χ0) is 22.1. The number of benzene rings is 1. The first kappa shape index (κ1) is 26.8. The number of unbranched alkanes of at least 4 members (excludes halogenated alkanes) is 15. The normalized spacial score (nSPS) is 11.7. The lowest BCUT2D eigenvalue weighted by atomic mass is 10.0. The van der Waals surface area contributed by atoms with E-state index in [1.54, 1.807) is 6.07 Å². The number of hydrogen-bond acceptors (Lipinski definition) is 4. The summed E-state index contributed by atoms with van der Waals surface area (Å²) in [5.41, 5.74) is 6.90. The monoisotopic (exact) mass is 440 g/mol. The Morgan fingerprint density at radius 1 is 0.767 bits per heavy atom. The minimum absolute atomic E-state index is 0.173. The van der Waals surface area contributed by atoms with Crippen LogP contribution in [-0.2, 0) is 10.1 Å². The number of nitrogens with two attached hydrogens (primary N) is 1. The Morgan fingerprint density at radius 3 is 1.60 bits per heavy atom. The molecule has 174 valence electrons. The molecule has 0 aromatic heterocycles. The molecule has 1 aromatic carbocycles. The van der Waals surface area contributed by atoms with E-state index in [9.17, 15) is 8.42 Å². The molecule has 0 unspecified atom stereocenters. The molecule has 0 radical (unpaired) electrons. The highest BCUT2D eigenvalue weighted by molar-refractivity contribution is 7.85. The van der Waals surface area contributed by atoms with Crippen molar-refractivity contribution in [2.45, 2.75) is 115 Å². The number of nitrogen functional groups attached to an aromatic ring is 1. The van der Waals surface area contributed by atoms with E-state index in [0.717, 1.165) is 13.0 Å². The van der Waals surface area contributed by atoms with E-state index < -0.39 is 10.1 Å². The van der Waals surface area contributed by atoms with Gasteiger partial charge in [-0.05, 0) is 24.6 Å². The maximum Gasteiger partial charge on any atom is 0.294 e. The summed E-state index contributed by atoms with van der Waals surface area (Å²) in [5.74, 6) is 0. The smallest absolute Gasteiger partial charge is 0.294 e. The summed E-state index contributed by atoms with van der Waals surface area (Å²) in [5, 5.41) is 3.24. The fraction of sp³-hybridized carbons (Fsp3) is 0.750. The summed E-state index contributed by atoms with van der Waals surface area (Å²) in [7, 11) is -4.20. The average molecular weight is 441 g/mol. The van der Waals surface area contributed by atoms with Crippen molar-refractivity contribution in [3.63, 3.8) is 0 Å². The molecule has 0 aliphatic heterocycles. The van der Waals surface area contributed by atoms with Crippen LogP contribution in [0.2, 0.25) is 0 Å². The van der Waals surface area contributed by atoms with Gasteiger partial charge in [0, 0.05) is 6.54 Å². The van der Waals surface area contributed by atoms with Crippen LogP contribution in [0.15, 0.2) is 23.1 Å². The van der Waals surface area contributed by atoms with Crippen molar-refractivity contribution in [3.05, 3.63) is 18.2 Å². The molecule has 0 spiro atoms. The van der Waals surface area contributed by atoms with Gasteiger partial charge in [0.15, 0.2) is 0 Å². The minimum atomic E-state index is -4.20. The molecule has 1 aromatic rings. The van der Waals surface area contributed by atoms with Gasteiger partial charge < -0.3 is 11.1 Å². The highest BCUT2D eigenvalue weighted by Crippen LogP contribution is 2.22. The molecule has 0 aliphatic rings. The maximum atomic E-state index is 11.1. The van der Waals surface area contributed by atoms with Crippen molar-refractivity contribution in [2.75, 3.05) is 17.6 Å². The van der Waals surface area contributed by atoms with E-state index in [4.69, 9.17) is 10.3 Å². The van der Waals surface area contributed by atoms with Gasteiger partial charge in [0.05, 0.1) is 16.3 Å². The molecular weight excluding hydrogens is 396 g/mol. The van der Waals surface area contributed by atoms with Gasteiger partial charge in [-0.3, -0.25) is 4.55 Å². The summed E-state index contributed by atoms with van der Waals surface area (Å²) in [4.78, 5) is -0.173. The predicted octanol–water partition coefficient (Wildman–Crippen LogP) is 7.19. The molecule has 5 nitrogen and oxygen atoms in total. The van der Waals surface area contributed by atoms with Gasteiger partial charge >= 0.3 is 0 Å². The lowest BCUT2D eigenvalue weighted by Crippen LogP contribution is -2.06. The SMILES string of the molecule is CCCCCCCCCCCCCCCCCCNc1ccc(S(=O)(=O)O)cc1N. The largest absolute Gasteiger partial charge is 0.397 e. The van der Waals surface area contributed by atoms with Gasteiger partial charge in [-0.2, -0.15) is 8.42 Å². The van der Waals surface area contributed by atoms with E-state index in [1.165, 1.54) is 108 Å². The van der Waals surface area contributed by atoms with Gasteiger partial charge in [-0.15, -0.1) is 0 Å². The zero-order valence-corrected chi connectivity index (χ0v) is 19.8. The quantitative estimate of drug-likeness (QED) is 0.120. The van der Waals surface area contributed by atoms with Crippen LogP contribution < -0.4 is 11.1 Å². The molecule has 1 rings (SSSR count). The second-order valence-electron chi connectivity index (χ2n) is 8.45. The first-order valence-electron chi connectivity index (χ1n) is 12.1. The molecule has 0 heterocycles. The fourth-order valence-corrected chi connectivity index (χ4v) is 4.27. The van der Waals surface area contributed by atoms with Crippen LogP contribution >= 0.6 is 0 Å². The molecule has 0 atom stereocenters. The van der Waals surface area contributed by atoms with Gasteiger partial charge in [0.1, 0.15) is 0 Å². The van der Waals surface area contributed by atoms with Crippen LogP contribution in [0, 0.1) is 0 Å². The number of rotatable bonds is 19. The molecule has 0 bridgehead atoms. The van der Waals surface area contributed by atoms with Gasteiger partial charge in [0.25, 0.3) is 10.1 Å². The molecule has 0 saturated carbocycles. The maximum absolute atomic E-state index is 11.1. The third-order valence-corrected chi connectivity index (χ3v) is 6.52. The molecule has 0 amide bonds. The molecule has 0 saturated heterocycles. The lowest BCUT2D eigenvalue weighted by molar-refractivity contribution is 0.483. The number of hydrogen-bond donors (Lipinski definition) is 3.